The van der Waals surface area contributed by atoms with Crippen LogP contribution >= 0.6 is 56.1 Å². The second-order valence-electron chi connectivity index (χ2n) is 15.3. The van der Waals surface area contributed by atoms with Crippen LogP contribution in [-0.4, -0.2) is 168 Å². The van der Waals surface area contributed by atoms with Gasteiger partial charge in [0.05, 0.1) is 37.2 Å². The fourth-order valence-corrected chi connectivity index (χ4v) is 7.08. The average molecular weight is 1520 g/mol. The van der Waals surface area contributed by atoms with E-state index >= 15 is 0 Å². The third kappa shape index (κ3) is 85.3. The van der Waals surface area contributed by atoms with Crippen molar-refractivity contribution >= 4 is 135 Å². The van der Waals surface area contributed by atoms with Crippen LogP contribution in [0.4, 0.5) is 0 Å². The van der Waals surface area contributed by atoms with Crippen molar-refractivity contribution in [1.29, 1.82) is 0 Å². The number of aliphatic hydroxyl groups excluding tert-OH is 2. The third-order valence-electron chi connectivity index (χ3n) is 8.73. The molecule has 11 N–H and O–H groups in total. The van der Waals surface area contributed by atoms with Gasteiger partial charge in [-0.25, -0.2) is 26.2 Å². The van der Waals surface area contributed by atoms with Crippen LogP contribution in [0.1, 0.15) is 40.4 Å². The molecule has 41 heteroatoms. The van der Waals surface area contributed by atoms with E-state index in [-0.39, 0.29) is 157 Å². The maximum absolute atomic E-state index is 10.7. The molecule has 0 atom stereocenters. The molecule has 7 rings (SSSR count). The summed E-state index contributed by atoms with van der Waals surface area (Å²) in [6, 6.07) is 25.5. The number of nitrogens with zero attached hydrogens (tertiary/aromatic N) is 7. The second-order valence-corrected chi connectivity index (χ2v) is 24.8. The van der Waals surface area contributed by atoms with E-state index in [9.17, 15) is 34.8 Å². The fourth-order valence-electron chi connectivity index (χ4n) is 5.13. The van der Waals surface area contributed by atoms with E-state index in [1.807, 2.05) is 48.7 Å². The van der Waals surface area contributed by atoms with Gasteiger partial charge in [-0.05, 0) is 114 Å². The molecule has 0 aliphatic carbocycles. The molecule has 0 saturated carbocycles. The van der Waals surface area contributed by atoms with Gasteiger partial charge in [0.2, 0.25) is 28.3 Å². The van der Waals surface area contributed by atoms with Crippen molar-refractivity contribution in [3.63, 3.8) is 0 Å². The fraction of sp³-hybridized carbons (Fsp3) is 0.275. The van der Waals surface area contributed by atoms with Gasteiger partial charge in [0, 0.05) is 138 Å². The van der Waals surface area contributed by atoms with Gasteiger partial charge in [-0.2, -0.15) is 19.4 Å². The summed E-state index contributed by atoms with van der Waals surface area (Å²) in [7, 11) is 1.08. The Morgan fingerprint density at radius 2 is 0.848 bits per heavy atom. The summed E-state index contributed by atoms with van der Waals surface area (Å²) in [5.41, 5.74) is 6.45. The van der Waals surface area contributed by atoms with E-state index < -0.39 is 55.4 Å². The number of aromatic nitrogens is 7. The van der Waals surface area contributed by atoms with Crippen LogP contribution in [0.5, 0.6) is 0 Å². The molecule has 0 aliphatic heterocycles. The first-order chi connectivity index (χ1) is 40.2. The number of hydrogen-bond acceptors (Lipinski definition) is 24. The number of carbonyl (C=O) groups is 2. The minimum Gasteiger partial charge on any atom is -1.00 e. The monoisotopic (exact) mass is 1520 g/mol. The number of rotatable bonds is 17. The SMILES string of the molecule is CO.COC(=O)Cc1cccnc1.Cl.ClCCc1cccnc1.N.NS(=O)(=O)CCc1cccnc1.O.O=C(O)Cc1cccnc1.O=S(=O)(Cl)CCc1cccnc1.O=S(=O)(O)CCc1cccnc1.O=S(Cl)Cl.O=[S-](=O)[O-].OCCc1cccnc1.[AlH3].[H-].[Li+].[Na+].[Na+]. The van der Waals surface area contributed by atoms with Crippen molar-refractivity contribution in [2.75, 3.05) is 44.0 Å². The molecule has 0 amide bonds. The zero-order chi connectivity index (χ0) is 64.8. The Balaban J connectivity index is -0.0000000904. The number of alkyl halides is 1. The van der Waals surface area contributed by atoms with Gasteiger partial charge in [0.1, 0.15) is 0 Å². The molecule has 0 unspecified atom stereocenters. The summed E-state index contributed by atoms with van der Waals surface area (Å²) in [5.74, 6) is -0.713. The maximum Gasteiger partial charge on any atom is 1.00 e. The Kier molecular flexibility index (Phi) is 87.2. The van der Waals surface area contributed by atoms with Gasteiger partial charge in [-0.1, -0.05) is 42.5 Å². The predicted molar refractivity (Wildman–Crippen MR) is 352 cm³/mol. The van der Waals surface area contributed by atoms with Gasteiger partial charge in [0.25, 0.3) is 10.1 Å². The molecule has 92 heavy (non-hydrogen) atoms. The van der Waals surface area contributed by atoms with E-state index in [1.165, 1.54) is 12.7 Å². The van der Waals surface area contributed by atoms with E-state index in [1.54, 1.807) is 123 Å². The number of hydrogen-bond donors (Lipinski definition) is 6. The molecule has 7 heterocycles. The van der Waals surface area contributed by atoms with Crippen LogP contribution in [-0.2, 0) is 117 Å². The van der Waals surface area contributed by atoms with Gasteiger partial charge < -0.3 is 46.1 Å². The molecule has 7 aromatic heterocycles. The number of carboxylic acids is 1. The second kappa shape index (κ2) is 72.5. The number of methoxy groups -OCH3 is 1. The van der Waals surface area contributed by atoms with E-state index in [0.717, 1.165) is 46.9 Å². The van der Waals surface area contributed by atoms with Gasteiger partial charge in [-0.3, -0.25) is 49.0 Å². The number of nitrogens with two attached hydrogens (primary N) is 1. The van der Waals surface area contributed by atoms with E-state index in [4.69, 9.17) is 64.5 Å². The number of carbonyl (C=O) groups excluding carboxylic acids is 1. The summed E-state index contributed by atoms with van der Waals surface area (Å²) >= 11 is 5.51. The van der Waals surface area contributed by atoms with Crippen LogP contribution < -0.4 is 89.3 Å². The van der Waals surface area contributed by atoms with Crippen LogP contribution in [0.25, 0.3) is 0 Å². The molecule has 0 bridgehead atoms. The molecule has 0 aromatic carbocycles. The smallest absolute Gasteiger partial charge is 1.00 e. The first-order valence-corrected chi connectivity index (χ1v) is 33.8. The number of primary sulfonamides is 1. The van der Waals surface area contributed by atoms with E-state index in [0.29, 0.717) is 38.0 Å². The summed E-state index contributed by atoms with van der Waals surface area (Å²) in [6.07, 6.45) is 26.4. The number of aliphatic carboxylic acids is 1. The van der Waals surface area contributed by atoms with E-state index in [2.05, 4.69) is 61.0 Å². The average Bonchev–Trinajstić information content (AvgIpc) is 3.39. The normalized spacial score (nSPS) is 9.23. The Labute approximate surface area is 634 Å². The number of aliphatic hydroxyl groups is 2. The van der Waals surface area contributed by atoms with Gasteiger partial charge in [-0.15, -0.1) is 24.0 Å². The van der Waals surface area contributed by atoms with Crippen molar-refractivity contribution in [3.05, 3.63) is 211 Å². The number of pyridine rings is 7. The standard InChI is InChI=1S/C8H9NO2.C7H8ClNO2S.C7H8ClN.C7H10N2O2S.C7H9NO3S.C7H7NO2.C7H9NO.CH4O.Al.Cl2OS.ClH.Li.H3N.2Na.O3S.H2O.4H/c1-11-8(10)5-7-3-2-4-9-6-7;8-12(10,11)5-3-7-2-1-4-9-6-7;8-4-3-7-2-1-5-9-6-7;8-12(10,11)5-3-7-2-1-4-9-6-7;9-12(10,11)5-3-7-2-1-4-8-6-7;9-7(10)4-6-2-1-3-8-5-6;9-5-3-7-2-1-4-8-6-7;1-2;;1-4(2)3;;;;;;1-4(2)3;;;;;/h2-4,6H,5H2,1H3;1-2,4,6H,3,5H2;1-2,5-6H,3-4H2;1-2,4,6H,3,5H2,(H2,8,10,11);1-2,4,6H,3,5H2,(H,9,10,11);1-3,5H,4H2,(H,9,10);1-2,4,6,9H,3,5H2;2H,1H3;;;1H;;1H3;;;;1H2;;;;/q;;;;;;;;;;;+1;;2*+1;-2;;;;;-1. The molecule has 0 radical (unpaired) electrons. The van der Waals surface area contributed by atoms with Crippen molar-refractivity contribution in [3.8, 4) is 0 Å². The Morgan fingerprint density at radius 3 is 1.07 bits per heavy atom. The van der Waals surface area contributed by atoms with Crippen LogP contribution in [0.2, 0.25) is 0 Å². The summed E-state index contributed by atoms with van der Waals surface area (Å²) in [6.45, 7) is 0.200. The zero-order valence-electron chi connectivity index (χ0n) is 51.1. The number of halogens is 5. The molecule has 0 fully saturated rings. The molecular weight excluding hydrogens is 1440 g/mol. The minimum absolute atomic E-state index is 0. The number of ether oxygens (including phenoxy) is 1. The molecule has 0 spiro atoms. The first kappa shape index (κ1) is 111. The number of aryl methyl sites for hydroxylation is 4. The predicted octanol–water partition coefficient (Wildman–Crippen LogP) is -4.62. The van der Waals surface area contributed by atoms with Crippen molar-refractivity contribution < 1.29 is 162 Å². The zero-order valence-corrected chi connectivity index (χ0v) is 62.0. The Morgan fingerprint density at radius 1 is 0.598 bits per heavy atom. The molecule has 0 aliphatic rings. The molecule has 0 saturated heterocycles. The first-order valence-electron chi connectivity index (χ1n) is 23.7. The number of carboxylic acid groups (broad SMARTS) is 1. The molecule has 502 valence electrons. The summed E-state index contributed by atoms with van der Waals surface area (Å²) in [4.78, 5) is 47.9. The van der Waals surface area contributed by atoms with Crippen molar-refractivity contribution in [1.82, 2.24) is 41.0 Å². The number of sulfonamides is 1. The van der Waals surface area contributed by atoms with Gasteiger partial charge >= 0.3 is 89.9 Å². The minimum atomic E-state index is -3.85. The van der Waals surface area contributed by atoms with Crippen LogP contribution in [0.15, 0.2) is 172 Å². The quantitative estimate of drug-likeness (QED) is 0.00950. The maximum atomic E-state index is 10.7. The molecule has 7 aromatic rings. The third-order valence-corrected chi connectivity index (χ3v) is 11.6. The Bertz CT molecular complexity index is 3040. The van der Waals surface area contributed by atoms with Crippen LogP contribution in [0.3, 0.4) is 0 Å². The van der Waals surface area contributed by atoms with Crippen molar-refractivity contribution in [2.24, 2.45) is 5.14 Å². The van der Waals surface area contributed by atoms with Gasteiger partial charge in [0.15, 0.2) is 17.4 Å². The molecule has 27 nitrogen and oxygen atoms in total. The Hall–Kier alpha value is -2.76. The topological polar surface area (TPSA) is 484 Å². The van der Waals surface area contributed by atoms with Crippen LogP contribution in [0, 0.1) is 0 Å². The van der Waals surface area contributed by atoms with Crippen molar-refractivity contribution in [2.45, 2.75) is 44.9 Å². The summed E-state index contributed by atoms with van der Waals surface area (Å²) < 4.78 is 110. The number of esters is 1. The largest absolute Gasteiger partial charge is 1.00 e. The summed E-state index contributed by atoms with van der Waals surface area (Å²) in [5, 5.41) is 28.7. The molecular formula is C51H74AlCl5LiN9Na2O18S5.